The summed E-state index contributed by atoms with van der Waals surface area (Å²) in [5.41, 5.74) is 1.77. The Morgan fingerprint density at radius 2 is 1.85 bits per heavy atom. The number of amides is 1. The van der Waals surface area contributed by atoms with E-state index in [2.05, 4.69) is 4.90 Å². The van der Waals surface area contributed by atoms with Crippen LogP contribution in [0.5, 0.6) is 0 Å². The van der Waals surface area contributed by atoms with Gasteiger partial charge in [-0.15, -0.1) is 0 Å². The second-order valence-electron chi connectivity index (χ2n) is 5.20. The van der Waals surface area contributed by atoms with Crippen LogP contribution < -0.4 is 0 Å². The molecule has 0 radical (unpaired) electrons. The number of piperazine rings is 1. The van der Waals surface area contributed by atoms with Crippen molar-refractivity contribution in [2.24, 2.45) is 7.05 Å². The van der Waals surface area contributed by atoms with E-state index < -0.39 is 5.97 Å². The standard InChI is InChI=1S/C14H21N3O3/c1-11-3-4-12(15(11)2)14(20)17-9-7-16(8-10-17)6-5-13(18)19/h3-4H,5-10H2,1-2H3,(H,18,19). The Hall–Kier alpha value is -1.82. The molecule has 2 rings (SSSR count). The van der Waals surface area contributed by atoms with Crippen molar-refractivity contribution < 1.29 is 14.7 Å². The normalized spacial score (nSPS) is 16.4. The van der Waals surface area contributed by atoms with E-state index in [0.29, 0.717) is 25.3 Å². The van der Waals surface area contributed by atoms with E-state index in [1.54, 1.807) is 0 Å². The first-order chi connectivity index (χ1) is 9.49. The van der Waals surface area contributed by atoms with Crippen molar-refractivity contribution in [2.45, 2.75) is 13.3 Å². The van der Waals surface area contributed by atoms with Crippen molar-refractivity contribution in [3.05, 3.63) is 23.5 Å². The summed E-state index contributed by atoms with van der Waals surface area (Å²) in [7, 11) is 1.89. The Morgan fingerprint density at radius 3 is 2.35 bits per heavy atom. The fourth-order valence-corrected chi connectivity index (χ4v) is 2.42. The molecule has 1 aromatic rings. The average molecular weight is 279 g/mol. The largest absolute Gasteiger partial charge is 0.481 e. The van der Waals surface area contributed by atoms with Crippen LogP contribution in [0.15, 0.2) is 12.1 Å². The van der Waals surface area contributed by atoms with Gasteiger partial charge in [0.25, 0.3) is 5.91 Å². The van der Waals surface area contributed by atoms with Gasteiger partial charge in [-0.25, -0.2) is 0 Å². The molecule has 0 aromatic carbocycles. The van der Waals surface area contributed by atoms with E-state index in [1.807, 2.05) is 35.6 Å². The molecule has 0 unspecified atom stereocenters. The molecule has 1 fully saturated rings. The zero-order valence-corrected chi connectivity index (χ0v) is 12.0. The summed E-state index contributed by atoms with van der Waals surface area (Å²) >= 11 is 0. The predicted molar refractivity (Wildman–Crippen MR) is 74.7 cm³/mol. The van der Waals surface area contributed by atoms with E-state index in [0.717, 1.165) is 18.8 Å². The van der Waals surface area contributed by atoms with Gasteiger partial charge in [-0.2, -0.15) is 0 Å². The highest BCUT2D eigenvalue weighted by Gasteiger charge is 2.23. The second-order valence-corrected chi connectivity index (χ2v) is 5.20. The lowest BCUT2D eigenvalue weighted by atomic mass is 10.2. The van der Waals surface area contributed by atoms with E-state index in [-0.39, 0.29) is 12.3 Å². The van der Waals surface area contributed by atoms with Crippen molar-refractivity contribution in [3.8, 4) is 0 Å². The molecule has 0 spiro atoms. The smallest absolute Gasteiger partial charge is 0.304 e. The number of rotatable bonds is 4. The minimum absolute atomic E-state index is 0.0542. The minimum Gasteiger partial charge on any atom is -0.481 e. The molecule has 6 heteroatoms. The summed E-state index contributed by atoms with van der Waals surface area (Å²) < 4.78 is 1.90. The second kappa shape index (κ2) is 6.09. The highest BCUT2D eigenvalue weighted by molar-refractivity contribution is 5.93. The lowest BCUT2D eigenvalue weighted by Crippen LogP contribution is -2.49. The van der Waals surface area contributed by atoms with Gasteiger partial charge in [0.2, 0.25) is 0 Å². The highest BCUT2D eigenvalue weighted by atomic mass is 16.4. The summed E-state index contributed by atoms with van der Waals surface area (Å²) in [6.45, 7) is 5.32. The molecule has 1 aromatic heterocycles. The zero-order valence-electron chi connectivity index (χ0n) is 12.0. The summed E-state index contributed by atoms with van der Waals surface area (Å²) in [4.78, 5) is 26.9. The van der Waals surface area contributed by atoms with E-state index in [1.165, 1.54) is 0 Å². The third-order valence-corrected chi connectivity index (χ3v) is 3.89. The Balaban J connectivity index is 1.89. The van der Waals surface area contributed by atoms with Crippen LogP contribution in [0, 0.1) is 6.92 Å². The number of carboxylic acids is 1. The zero-order chi connectivity index (χ0) is 14.7. The number of aryl methyl sites for hydroxylation is 1. The maximum Gasteiger partial charge on any atom is 0.304 e. The van der Waals surface area contributed by atoms with Crippen LogP contribution in [0.3, 0.4) is 0 Å². The first-order valence-electron chi connectivity index (χ1n) is 6.85. The van der Waals surface area contributed by atoms with Crippen molar-refractivity contribution in [3.63, 3.8) is 0 Å². The molecular weight excluding hydrogens is 258 g/mol. The molecular formula is C14H21N3O3. The van der Waals surface area contributed by atoms with Crippen LogP contribution in [0.1, 0.15) is 22.6 Å². The van der Waals surface area contributed by atoms with Crippen molar-refractivity contribution >= 4 is 11.9 Å². The maximum absolute atomic E-state index is 12.4. The van der Waals surface area contributed by atoms with Crippen molar-refractivity contribution in [1.29, 1.82) is 0 Å². The molecule has 0 bridgehead atoms. The molecule has 2 heterocycles. The number of aromatic nitrogens is 1. The lowest BCUT2D eigenvalue weighted by molar-refractivity contribution is -0.137. The number of aliphatic carboxylic acids is 1. The van der Waals surface area contributed by atoms with E-state index in [9.17, 15) is 9.59 Å². The number of hydrogen-bond donors (Lipinski definition) is 1. The Kier molecular flexibility index (Phi) is 4.44. The topological polar surface area (TPSA) is 65.8 Å². The van der Waals surface area contributed by atoms with Crippen LogP contribution in [-0.4, -0.2) is 64.1 Å². The van der Waals surface area contributed by atoms with Gasteiger partial charge in [-0.05, 0) is 19.1 Å². The van der Waals surface area contributed by atoms with Crippen molar-refractivity contribution in [2.75, 3.05) is 32.7 Å². The number of nitrogens with zero attached hydrogens (tertiary/aromatic N) is 3. The number of hydrogen-bond acceptors (Lipinski definition) is 3. The fourth-order valence-electron chi connectivity index (χ4n) is 2.42. The molecule has 20 heavy (non-hydrogen) atoms. The third kappa shape index (κ3) is 3.19. The SMILES string of the molecule is Cc1ccc(C(=O)N2CCN(CCC(=O)O)CC2)n1C. The minimum atomic E-state index is -0.775. The first-order valence-corrected chi connectivity index (χ1v) is 6.85. The summed E-state index contributed by atoms with van der Waals surface area (Å²) in [5.74, 6) is -0.721. The molecule has 0 saturated carbocycles. The van der Waals surface area contributed by atoms with E-state index in [4.69, 9.17) is 5.11 Å². The lowest BCUT2D eigenvalue weighted by Gasteiger charge is -2.34. The van der Waals surface area contributed by atoms with Crippen LogP contribution in [0.25, 0.3) is 0 Å². The van der Waals surface area contributed by atoms with Gasteiger partial charge in [0.1, 0.15) is 5.69 Å². The number of carbonyl (C=O) groups excluding carboxylic acids is 1. The summed E-state index contributed by atoms with van der Waals surface area (Å²) in [5, 5.41) is 8.67. The van der Waals surface area contributed by atoms with Gasteiger partial charge in [0, 0.05) is 45.5 Å². The van der Waals surface area contributed by atoms with Crippen LogP contribution in [-0.2, 0) is 11.8 Å². The molecule has 1 aliphatic rings. The monoisotopic (exact) mass is 279 g/mol. The van der Waals surface area contributed by atoms with Crippen LogP contribution in [0.4, 0.5) is 0 Å². The molecule has 1 N–H and O–H groups in total. The predicted octanol–water partition coefficient (Wildman–Crippen LogP) is 0.566. The van der Waals surface area contributed by atoms with Gasteiger partial charge in [-0.3, -0.25) is 14.5 Å². The maximum atomic E-state index is 12.4. The van der Waals surface area contributed by atoms with Crippen LogP contribution >= 0.6 is 0 Å². The molecule has 110 valence electrons. The average Bonchev–Trinajstić information content (AvgIpc) is 2.76. The third-order valence-electron chi connectivity index (χ3n) is 3.89. The molecule has 0 atom stereocenters. The molecule has 0 aliphatic carbocycles. The van der Waals surface area contributed by atoms with Gasteiger partial charge in [-0.1, -0.05) is 0 Å². The van der Waals surface area contributed by atoms with Crippen molar-refractivity contribution in [1.82, 2.24) is 14.4 Å². The Morgan fingerprint density at radius 1 is 1.20 bits per heavy atom. The van der Waals surface area contributed by atoms with Gasteiger partial charge < -0.3 is 14.6 Å². The molecule has 1 amide bonds. The Labute approximate surface area is 118 Å². The fraction of sp³-hybridized carbons (Fsp3) is 0.571. The first kappa shape index (κ1) is 14.6. The molecule has 6 nitrogen and oxygen atoms in total. The molecule has 1 aliphatic heterocycles. The number of carboxylic acid groups (broad SMARTS) is 1. The van der Waals surface area contributed by atoms with Crippen LogP contribution in [0.2, 0.25) is 0 Å². The van der Waals surface area contributed by atoms with Gasteiger partial charge in [0.05, 0.1) is 6.42 Å². The summed E-state index contributed by atoms with van der Waals surface area (Å²) in [6.07, 6.45) is 0.158. The summed E-state index contributed by atoms with van der Waals surface area (Å²) in [6, 6.07) is 3.80. The van der Waals surface area contributed by atoms with Gasteiger partial charge >= 0.3 is 5.97 Å². The quantitative estimate of drug-likeness (QED) is 0.875. The highest BCUT2D eigenvalue weighted by Crippen LogP contribution is 2.11. The molecule has 1 saturated heterocycles. The van der Waals surface area contributed by atoms with E-state index >= 15 is 0 Å². The Bertz CT molecular complexity index is 502. The number of carbonyl (C=O) groups is 2. The van der Waals surface area contributed by atoms with Gasteiger partial charge in [0.15, 0.2) is 0 Å².